The molecule has 2 saturated heterocycles. The van der Waals surface area contributed by atoms with Crippen LogP contribution in [0.1, 0.15) is 30.9 Å². The Morgan fingerprint density at radius 2 is 1.72 bits per heavy atom. The average Bonchev–Trinajstić information content (AvgIpc) is 3.15. The molecule has 2 aliphatic rings. The van der Waals surface area contributed by atoms with Gasteiger partial charge in [-0.05, 0) is 70.6 Å². The Labute approximate surface area is 214 Å². The lowest BCUT2D eigenvalue weighted by Gasteiger charge is -2.31. The summed E-state index contributed by atoms with van der Waals surface area (Å²) < 4.78 is 5.99. The number of amides is 3. The molecule has 36 heavy (non-hydrogen) atoms. The summed E-state index contributed by atoms with van der Waals surface area (Å²) in [4.78, 5) is 41.1. The Bertz CT molecular complexity index is 1320. The van der Waals surface area contributed by atoms with Crippen LogP contribution >= 0.6 is 11.8 Å². The lowest BCUT2D eigenvalue weighted by atomic mass is 9.99. The summed E-state index contributed by atoms with van der Waals surface area (Å²) in [6, 6.07) is 21.8. The van der Waals surface area contributed by atoms with Gasteiger partial charge in [0.1, 0.15) is 18.9 Å². The van der Waals surface area contributed by atoms with E-state index in [4.69, 9.17) is 4.74 Å². The van der Waals surface area contributed by atoms with Crippen LogP contribution in [0.25, 0.3) is 16.8 Å². The van der Waals surface area contributed by atoms with Gasteiger partial charge in [0.15, 0.2) is 0 Å². The summed E-state index contributed by atoms with van der Waals surface area (Å²) in [5, 5.41) is 1.94. The van der Waals surface area contributed by atoms with Crippen LogP contribution in [-0.4, -0.2) is 46.5 Å². The van der Waals surface area contributed by atoms with Crippen LogP contribution in [0.2, 0.25) is 0 Å². The number of nitrogens with zero attached hydrogens (tertiary/aromatic N) is 2. The van der Waals surface area contributed by atoms with Gasteiger partial charge in [0, 0.05) is 13.1 Å². The lowest BCUT2D eigenvalue weighted by molar-refractivity contribution is -0.136. The van der Waals surface area contributed by atoms with Crippen molar-refractivity contribution in [2.24, 2.45) is 5.92 Å². The minimum absolute atomic E-state index is 0.168. The molecule has 3 amide bonds. The fraction of sp³-hybridized carbons (Fsp3) is 0.276. The number of ether oxygens (including phenoxy) is 1. The highest BCUT2D eigenvalue weighted by molar-refractivity contribution is 8.18. The minimum atomic E-state index is -0.417. The topological polar surface area (TPSA) is 66.9 Å². The van der Waals surface area contributed by atoms with Crippen molar-refractivity contribution in [1.82, 2.24) is 9.80 Å². The van der Waals surface area contributed by atoms with E-state index in [2.05, 4.69) is 31.2 Å². The van der Waals surface area contributed by atoms with Crippen molar-refractivity contribution >= 4 is 45.7 Å². The second-order valence-electron chi connectivity index (χ2n) is 9.33. The highest BCUT2D eigenvalue weighted by Gasteiger charge is 2.37. The van der Waals surface area contributed by atoms with Crippen molar-refractivity contribution in [3.8, 4) is 5.75 Å². The monoisotopic (exact) mass is 500 g/mol. The molecule has 6 nitrogen and oxygen atoms in total. The molecular weight excluding hydrogens is 472 g/mol. The summed E-state index contributed by atoms with van der Waals surface area (Å²) in [7, 11) is 0. The van der Waals surface area contributed by atoms with Crippen LogP contribution in [0.15, 0.2) is 71.6 Å². The quantitative estimate of drug-likeness (QED) is 0.406. The zero-order chi connectivity index (χ0) is 25.1. The number of hydrogen-bond donors (Lipinski definition) is 0. The molecule has 184 valence electrons. The number of likely N-dealkylation sites (tertiary alicyclic amines) is 1. The van der Waals surface area contributed by atoms with E-state index in [0.29, 0.717) is 30.5 Å². The molecule has 7 heteroatoms. The average molecular weight is 501 g/mol. The molecular formula is C29H28N2O4S. The Kier molecular flexibility index (Phi) is 7.09. The van der Waals surface area contributed by atoms with Gasteiger partial charge in [0.25, 0.3) is 11.1 Å². The van der Waals surface area contributed by atoms with E-state index in [0.717, 1.165) is 46.4 Å². The Morgan fingerprint density at radius 3 is 2.50 bits per heavy atom. The van der Waals surface area contributed by atoms with Gasteiger partial charge < -0.3 is 9.64 Å². The van der Waals surface area contributed by atoms with Crippen LogP contribution in [0.4, 0.5) is 4.79 Å². The SMILES string of the molecule is CC1CCN(C(=O)CN2C(=O)S/C(=C/c3ccc(OCc4cccc5ccccc45)cc3)C2=O)CC1. The number of imide groups is 1. The Hall–Kier alpha value is -3.58. The van der Waals surface area contributed by atoms with Crippen LogP contribution in [0.3, 0.4) is 0 Å². The number of fused-ring (bicyclic) bond motifs is 1. The maximum atomic E-state index is 12.8. The number of rotatable bonds is 6. The van der Waals surface area contributed by atoms with Gasteiger partial charge >= 0.3 is 0 Å². The normalized spacial score (nSPS) is 17.9. The van der Waals surface area contributed by atoms with E-state index in [9.17, 15) is 14.4 Å². The van der Waals surface area contributed by atoms with Crippen LogP contribution < -0.4 is 4.74 Å². The largest absolute Gasteiger partial charge is 0.489 e. The molecule has 0 saturated carbocycles. The summed E-state index contributed by atoms with van der Waals surface area (Å²) in [6.45, 7) is 3.79. The van der Waals surface area contributed by atoms with Crippen molar-refractivity contribution < 1.29 is 19.1 Å². The van der Waals surface area contributed by atoms with E-state index >= 15 is 0 Å². The molecule has 2 aliphatic heterocycles. The van der Waals surface area contributed by atoms with Gasteiger partial charge in [-0.25, -0.2) is 0 Å². The van der Waals surface area contributed by atoms with Gasteiger partial charge in [-0.2, -0.15) is 0 Å². The highest BCUT2D eigenvalue weighted by atomic mass is 32.2. The van der Waals surface area contributed by atoms with Gasteiger partial charge in [-0.3, -0.25) is 19.3 Å². The number of carbonyl (C=O) groups excluding carboxylic acids is 3. The van der Waals surface area contributed by atoms with E-state index in [1.54, 1.807) is 11.0 Å². The highest BCUT2D eigenvalue weighted by Crippen LogP contribution is 2.32. The van der Waals surface area contributed by atoms with Crippen LogP contribution in [0, 0.1) is 5.92 Å². The molecule has 3 aromatic carbocycles. The first-order valence-corrected chi connectivity index (χ1v) is 13.0. The van der Waals surface area contributed by atoms with Crippen LogP contribution in [0.5, 0.6) is 5.75 Å². The molecule has 0 aliphatic carbocycles. The fourth-order valence-corrected chi connectivity index (χ4v) is 5.36. The van der Waals surface area contributed by atoms with Gasteiger partial charge in [0.2, 0.25) is 5.91 Å². The maximum absolute atomic E-state index is 12.8. The van der Waals surface area contributed by atoms with Gasteiger partial charge in [0.05, 0.1) is 4.91 Å². The molecule has 3 aromatic rings. The fourth-order valence-electron chi connectivity index (χ4n) is 4.52. The minimum Gasteiger partial charge on any atom is -0.489 e. The zero-order valence-corrected chi connectivity index (χ0v) is 21.0. The molecule has 5 rings (SSSR count). The molecule has 0 bridgehead atoms. The molecule has 0 N–H and O–H groups in total. The number of piperidine rings is 1. The van der Waals surface area contributed by atoms with E-state index in [1.165, 1.54) is 10.8 Å². The van der Waals surface area contributed by atoms with Crippen molar-refractivity contribution in [2.45, 2.75) is 26.4 Å². The van der Waals surface area contributed by atoms with Crippen molar-refractivity contribution in [3.05, 3.63) is 82.8 Å². The predicted octanol–water partition coefficient (Wildman–Crippen LogP) is 5.71. The number of carbonyl (C=O) groups is 3. The van der Waals surface area contributed by atoms with Crippen molar-refractivity contribution in [3.63, 3.8) is 0 Å². The summed E-state index contributed by atoms with van der Waals surface area (Å²) in [5.41, 5.74) is 1.90. The Balaban J connectivity index is 1.20. The smallest absolute Gasteiger partial charge is 0.294 e. The third kappa shape index (κ3) is 5.31. The third-order valence-electron chi connectivity index (χ3n) is 6.76. The van der Waals surface area contributed by atoms with Crippen LogP contribution in [-0.2, 0) is 16.2 Å². The first-order chi connectivity index (χ1) is 17.5. The standard InChI is InChI=1S/C29H28N2O4S/c1-20-13-15-30(16-14-20)27(32)18-31-28(33)26(36-29(31)34)17-21-9-11-24(12-10-21)35-19-23-7-4-6-22-5-2-3-8-25(22)23/h2-12,17,20H,13-16,18-19H2,1H3/b26-17+. The maximum Gasteiger partial charge on any atom is 0.294 e. The molecule has 0 radical (unpaired) electrons. The van der Waals surface area contributed by atoms with Gasteiger partial charge in [-0.1, -0.05) is 61.5 Å². The molecule has 0 atom stereocenters. The van der Waals surface area contributed by atoms with Crippen molar-refractivity contribution in [1.29, 1.82) is 0 Å². The molecule has 2 heterocycles. The van der Waals surface area contributed by atoms with E-state index < -0.39 is 11.1 Å². The summed E-state index contributed by atoms with van der Waals surface area (Å²) >= 11 is 0.875. The second-order valence-corrected chi connectivity index (χ2v) is 10.3. The van der Waals surface area contributed by atoms with Gasteiger partial charge in [-0.15, -0.1) is 0 Å². The first-order valence-electron chi connectivity index (χ1n) is 12.2. The third-order valence-corrected chi connectivity index (χ3v) is 7.66. The molecule has 2 fully saturated rings. The molecule has 0 unspecified atom stereocenters. The first kappa shape index (κ1) is 24.1. The van der Waals surface area contributed by atoms with E-state index in [-0.39, 0.29) is 12.5 Å². The predicted molar refractivity (Wildman–Crippen MR) is 142 cm³/mol. The zero-order valence-electron chi connectivity index (χ0n) is 20.2. The summed E-state index contributed by atoms with van der Waals surface area (Å²) in [6.07, 6.45) is 3.59. The Morgan fingerprint density at radius 1 is 1.00 bits per heavy atom. The molecule has 0 aromatic heterocycles. The number of benzene rings is 3. The second kappa shape index (κ2) is 10.6. The summed E-state index contributed by atoms with van der Waals surface area (Å²) in [5.74, 6) is 0.733. The molecule has 0 spiro atoms. The number of hydrogen-bond acceptors (Lipinski definition) is 5. The number of thioether (sulfide) groups is 1. The van der Waals surface area contributed by atoms with Crippen molar-refractivity contribution in [2.75, 3.05) is 19.6 Å². The lowest BCUT2D eigenvalue weighted by Crippen LogP contribution is -2.45. The van der Waals surface area contributed by atoms with E-state index in [1.807, 2.05) is 42.5 Å².